The highest BCUT2D eigenvalue weighted by Crippen LogP contribution is 2.31. The average molecular weight is 285 g/mol. The minimum absolute atomic E-state index is 0.287. The van der Waals surface area contributed by atoms with Crippen molar-refractivity contribution >= 4 is 27.3 Å². The minimum atomic E-state index is 0.287. The van der Waals surface area contributed by atoms with Gasteiger partial charge in [-0.15, -0.1) is 0 Å². The molecule has 16 heavy (non-hydrogen) atoms. The topological polar surface area (TPSA) is 38.5 Å². The fraction of sp³-hybridized carbons (Fsp3) is 0.500. The molecule has 2 N–H and O–H groups in total. The molecule has 1 saturated heterocycles. The van der Waals surface area contributed by atoms with E-state index in [2.05, 4.69) is 34.8 Å². The van der Waals surface area contributed by atoms with Gasteiger partial charge in [0.2, 0.25) is 0 Å². The minimum Gasteiger partial charge on any atom is -0.399 e. The highest BCUT2D eigenvalue weighted by molar-refractivity contribution is 9.10. The number of benzene rings is 1. The third-order valence-corrected chi connectivity index (χ3v) is 3.82. The first-order valence-corrected chi connectivity index (χ1v) is 6.28. The maximum absolute atomic E-state index is 5.74. The number of hydrogen-bond donors (Lipinski definition) is 1. The molecule has 2 unspecified atom stereocenters. The molecule has 1 heterocycles. The summed E-state index contributed by atoms with van der Waals surface area (Å²) in [5.74, 6) is 0. The second-order valence-electron chi connectivity index (χ2n) is 4.25. The monoisotopic (exact) mass is 284 g/mol. The van der Waals surface area contributed by atoms with E-state index in [-0.39, 0.29) is 6.10 Å². The van der Waals surface area contributed by atoms with Gasteiger partial charge in [0.15, 0.2) is 0 Å². The van der Waals surface area contributed by atoms with E-state index in [1.54, 1.807) is 0 Å². The Kier molecular flexibility index (Phi) is 3.40. The lowest BCUT2D eigenvalue weighted by molar-refractivity contribution is 0.118. The summed E-state index contributed by atoms with van der Waals surface area (Å²) in [6.07, 6.45) is 1.36. The zero-order valence-corrected chi connectivity index (χ0v) is 11.2. The molecule has 1 aromatic carbocycles. The van der Waals surface area contributed by atoms with Crippen LogP contribution in [0.2, 0.25) is 0 Å². The molecule has 0 aliphatic carbocycles. The molecule has 2 atom stereocenters. The Morgan fingerprint density at radius 1 is 1.50 bits per heavy atom. The first-order chi connectivity index (χ1) is 7.59. The van der Waals surface area contributed by atoms with E-state index in [1.807, 2.05) is 18.2 Å². The highest BCUT2D eigenvalue weighted by Gasteiger charge is 2.28. The van der Waals surface area contributed by atoms with Crippen LogP contribution in [0.4, 0.5) is 11.4 Å². The van der Waals surface area contributed by atoms with Gasteiger partial charge >= 0.3 is 0 Å². The maximum atomic E-state index is 5.74. The molecule has 0 amide bonds. The lowest BCUT2D eigenvalue weighted by Crippen LogP contribution is -2.36. The Labute approximate surface area is 105 Å². The summed E-state index contributed by atoms with van der Waals surface area (Å²) in [4.78, 5) is 2.27. The molecule has 0 bridgehead atoms. The van der Waals surface area contributed by atoms with Crippen LogP contribution in [-0.2, 0) is 4.74 Å². The molecule has 0 aromatic heterocycles. The number of halogens is 1. The normalized spacial score (nSPS) is 24.7. The molecule has 0 radical (unpaired) electrons. The van der Waals surface area contributed by atoms with Crippen molar-refractivity contribution < 1.29 is 4.74 Å². The zero-order chi connectivity index (χ0) is 11.7. The molecule has 4 heteroatoms. The Balaban J connectivity index is 2.23. The molecule has 2 rings (SSSR count). The zero-order valence-electron chi connectivity index (χ0n) is 9.61. The second-order valence-corrected chi connectivity index (χ2v) is 5.11. The third-order valence-electron chi connectivity index (χ3n) is 3.19. The summed E-state index contributed by atoms with van der Waals surface area (Å²) in [7, 11) is 2.10. The molecular formula is C12H17BrN2O. The summed E-state index contributed by atoms with van der Waals surface area (Å²) < 4.78 is 6.63. The van der Waals surface area contributed by atoms with E-state index in [1.165, 1.54) is 0 Å². The van der Waals surface area contributed by atoms with Gasteiger partial charge < -0.3 is 15.4 Å². The van der Waals surface area contributed by atoms with Crippen molar-refractivity contribution in [2.24, 2.45) is 0 Å². The van der Waals surface area contributed by atoms with Crippen molar-refractivity contribution in [3.05, 3.63) is 22.7 Å². The Bertz CT molecular complexity index is 383. The van der Waals surface area contributed by atoms with Crippen LogP contribution in [0.5, 0.6) is 0 Å². The molecule has 0 spiro atoms. The number of anilines is 2. The van der Waals surface area contributed by atoms with Crippen LogP contribution in [0.1, 0.15) is 13.3 Å². The first kappa shape index (κ1) is 11.7. The summed E-state index contributed by atoms with van der Waals surface area (Å²) in [6, 6.07) is 6.35. The number of ether oxygens (including phenoxy) is 1. The lowest BCUT2D eigenvalue weighted by atomic mass is 10.1. The van der Waals surface area contributed by atoms with Gasteiger partial charge in [-0.05, 0) is 47.5 Å². The number of nitrogens with zero attached hydrogens (tertiary/aromatic N) is 1. The van der Waals surface area contributed by atoms with E-state index in [0.717, 1.165) is 28.9 Å². The van der Waals surface area contributed by atoms with Crippen LogP contribution in [0.25, 0.3) is 0 Å². The summed E-state index contributed by atoms with van der Waals surface area (Å²) in [5, 5.41) is 0. The van der Waals surface area contributed by atoms with Gasteiger partial charge in [0.1, 0.15) is 0 Å². The smallest absolute Gasteiger partial charge is 0.0750 e. The molecule has 1 aliphatic rings. The van der Waals surface area contributed by atoms with E-state index in [4.69, 9.17) is 10.5 Å². The summed E-state index contributed by atoms with van der Waals surface area (Å²) >= 11 is 3.55. The SMILES string of the molecule is CC1OCCC1N(C)c1ccc(N)cc1Br. The lowest BCUT2D eigenvalue weighted by Gasteiger charge is -2.29. The van der Waals surface area contributed by atoms with Crippen LogP contribution in [0.15, 0.2) is 22.7 Å². The van der Waals surface area contributed by atoms with Gasteiger partial charge in [-0.2, -0.15) is 0 Å². The average Bonchev–Trinajstić information content (AvgIpc) is 2.63. The van der Waals surface area contributed by atoms with Crippen LogP contribution >= 0.6 is 15.9 Å². The third kappa shape index (κ3) is 2.18. The number of nitrogen functional groups attached to an aromatic ring is 1. The Hall–Kier alpha value is -0.740. The van der Waals surface area contributed by atoms with E-state index >= 15 is 0 Å². The first-order valence-electron chi connectivity index (χ1n) is 5.49. The van der Waals surface area contributed by atoms with Gasteiger partial charge in [-0.1, -0.05) is 0 Å². The summed E-state index contributed by atoms with van der Waals surface area (Å²) in [6.45, 7) is 2.97. The van der Waals surface area contributed by atoms with Crippen LogP contribution < -0.4 is 10.6 Å². The number of rotatable bonds is 2. The van der Waals surface area contributed by atoms with Gasteiger partial charge in [0.05, 0.1) is 17.8 Å². The molecule has 1 aliphatic heterocycles. The number of hydrogen-bond acceptors (Lipinski definition) is 3. The molecule has 3 nitrogen and oxygen atoms in total. The van der Waals surface area contributed by atoms with E-state index in [9.17, 15) is 0 Å². The molecular weight excluding hydrogens is 268 g/mol. The second kappa shape index (κ2) is 4.63. The van der Waals surface area contributed by atoms with E-state index < -0.39 is 0 Å². The molecule has 0 saturated carbocycles. The standard InChI is InChI=1S/C12H17BrN2O/c1-8-11(5-6-16-8)15(2)12-4-3-9(14)7-10(12)13/h3-4,7-8,11H,5-6,14H2,1-2H3. The van der Waals surface area contributed by atoms with Gasteiger partial charge in [-0.3, -0.25) is 0 Å². The predicted octanol–water partition coefficient (Wildman–Crippen LogP) is 2.64. The molecule has 1 fully saturated rings. The molecule has 1 aromatic rings. The summed E-state index contributed by atoms with van der Waals surface area (Å²) in [5.41, 5.74) is 7.68. The van der Waals surface area contributed by atoms with Crippen molar-refractivity contribution in [3.63, 3.8) is 0 Å². The largest absolute Gasteiger partial charge is 0.399 e. The van der Waals surface area contributed by atoms with Crippen molar-refractivity contribution in [2.45, 2.75) is 25.5 Å². The quantitative estimate of drug-likeness (QED) is 0.849. The fourth-order valence-corrected chi connectivity index (χ4v) is 2.89. The predicted molar refractivity (Wildman–Crippen MR) is 70.8 cm³/mol. The van der Waals surface area contributed by atoms with Crippen molar-refractivity contribution in [2.75, 3.05) is 24.3 Å². The van der Waals surface area contributed by atoms with Crippen LogP contribution in [0, 0.1) is 0 Å². The fourth-order valence-electron chi connectivity index (χ4n) is 2.22. The van der Waals surface area contributed by atoms with Crippen molar-refractivity contribution in [1.29, 1.82) is 0 Å². The van der Waals surface area contributed by atoms with Crippen LogP contribution in [0.3, 0.4) is 0 Å². The Morgan fingerprint density at radius 3 is 2.81 bits per heavy atom. The van der Waals surface area contributed by atoms with Crippen molar-refractivity contribution in [1.82, 2.24) is 0 Å². The number of likely N-dealkylation sites (N-methyl/N-ethyl adjacent to an activating group) is 1. The maximum Gasteiger partial charge on any atom is 0.0750 e. The van der Waals surface area contributed by atoms with Crippen LogP contribution in [-0.4, -0.2) is 25.8 Å². The van der Waals surface area contributed by atoms with Gasteiger partial charge in [0, 0.05) is 23.8 Å². The van der Waals surface area contributed by atoms with Crippen molar-refractivity contribution in [3.8, 4) is 0 Å². The molecule has 88 valence electrons. The van der Waals surface area contributed by atoms with E-state index in [0.29, 0.717) is 6.04 Å². The highest BCUT2D eigenvalue weighted by atomic mass is 79.9. The van der Waals surface area contributed by atoms with Gasteiger partial charge in [-0.25, -0.2) is 0 Å². The number of nitrogens with two attached hydrogens (primary N) is 1. The van der Waals surface area contributed by atoms with Gasteiger partial charge in [0.25, 0.3) is 0 Å². The Morgan fingerprint density at radius 2 is 2.25 bits per heavy atom.